The largest absolute Gasteiger partial charge is 0.774 e. The highest BCUT2D eigenvalue weighted by Crippen LogP contribution is 2.43. The second kappa shape index (κ2) is 15.4. The summed E-state index contributed by atoms with van der Waals surface area (Å²) in [6.45, 7) is 11.2. The molecule has 0 aromatic rings. The summed E-state index contributed by atoms with van der Waals surface area (Å²) in [5, 5.41) is 0. The molecule has 0 heterocycles. The van der Waals surface area contributed by atoms with Crippen LogP contribution in [-0.2, 0) is 46.6 Å². The van der Waals surface area contributed by atoms with Crippen molar-refractivity contribution in [3.05, 3.63) is 0 Å². The first-order valence-electron chi connectivity index (χ1n) is 11.5. The Morgan fingerprint density at radius 2 is 1.00 bits per heavy atom. The van der Waals surface area contributed by atoms with Crippen molar-refractivity contribution < 1.29 is 46.6 Å². The van der Waals surface area contributed by atoms with Crippen LogP contribution in [0, 0.1) is 0 Å². The number of ether oxygens (including phenoxy) is 4. The fourth-order valence-corrected chi connectivity index (χ4v) is 5.96. The third kappa shape index (κ3) is 8.97. The fourth-order valence-electron chi connectivity index (χ4n) is 3.01. The number of carbonyl (C=O) groups is 3. The van der Waals surface area contributed by atoms with Crippen molar-refractivity contribution in [1.82, 2.24) is 0 Å². The summed E-state index contributed by atoms with van der Waals surface area (Å²) in [5.41, 5.74) is -2.17. The molecule has 33 heavy (non-hydrogen) atoms. The summed E-state index contributed by atoms with van der Waals surface area (Å²) in [6, 6.07) is 0. The molecular formula is C22H42O10Si. The molecule has 0 aromatic heterocycles. The van der Waals surface area contributed by atoms with Gasteiger partial charge in [0, 0.05) is 27.9 Å². The van der Waals surface area contributed by atoms with E-state index in [1.54, 1.807) is 0 Å². The smallest absolute Gasteiger partial charge is 0.452 e. The van der Waals surface area contributed by atoms with Gasteiger partial charge in [0.2, 0.25) is 5.79 Å². The van der Waals surface area contributed by atoms with Crippen LogP contribution in [-0.4, -0.2) is 64.8 Å². The van der Waals surface area contributed by atoms with E-state index < -0.39 is 37.9 Å². The highest BCUT2D eigenvalue weighted by molar-refractivity contribution is 6.68. The van der Waals surface area contributed by atoms with E-state index in [-0.39, 0.29) is 19.8 Å². The minimum Gasteiger partial charge on any atom is -0.452 e. The Kier molecular flexibility index (Phi) is 14.7. The van der Waals surface area contributed by atoms with Crippen LogP contribution in [0.2, 0.25) is 0 Å². The van der Waals surface area contributed by atoms with Gasteiger partial charge in [0.05, 0.1) is 19.8 Å². The summed E-state index contributed by atoms with van der Waals surface area (Å²) in [4.78, 5) is 36.7. The normalized spacial score (nSPS) is 13.8. The molecule has 0 N–H and O–H groups in total. The zero-order valence-corrected chi connectivity index (χ0v) is 22.4. The van der Waals surface area contributed by atoms with Gasteiger partial charge in [0.15, 0.2) is 0 Å². The molecule has 0 rings (SSSR count). The van der Waals surface area contributed by atoms with Crippen LogP contribution in [0.5, 0.6) is 0 Å². The van der Waals surface area contributed by atoms with Gasteiger partial charge in [0.1, 0.15) is 0 Å². The molecule has 11 heteroatoms. The third-order valence-electron chi connectivity index (χ3n) is 4.71. The minimum absolute atomic E-state index is 0.108. The summed E-state index contributed by atoms with van der Waals surface area (Å²) in [5.74, 6) is -4.31. The molecule has 1 atom stereocenters. The topological polar surface area (TPSA) is 116 Å². The van der Waals surface area contributed by atoms with Crippen LogP contribution in [0.1, 0.15) is 87.0 Å². The average Bonchev–Trinajstić information content (AvgIpc) is 2.71. The molecular weight excluding hydrogens is 452 g/mol. The van der Waals surface area contributed by atoms with Gasteiger partial charge in [-0.25, -0.2) is 0 Å². The predicted molar refractivity (Wildman–Crippen MR) is 122 cm³/mol. The van der Waals surface area contributed by atoms with Crippen LogP contribution >= 0.6 is 0 Å². The van der Waals surface area contributed by atoms with E-state index in [0.29, 0.717) is 19.3 Å². The van der Waals surface area contributed by atoms with Crippen molar-refractivity contribution in [3.8, 4) is 0 Å². The third-order valence-corrected chi connectivity index (χ3v) is 7.92. The summed E-state index contributed by atoms with van der Waals surface area (Å²) in [7, 11) is -3.46. The molecule has 0 bridgehead atoms. The molecule has 0 aliphatic heterocycles. The molecule has 10 nitrogen and oxygen atoms in total. The Balaban J connectivity index is 7.10. The lowest BCUT2D eigenvalue weighted by molar-refractivity contribution is -0.379. The van der Waals surface area contributed by atoms with Crippen LogP contribution in [0.25, 0.3) is 0 Å². The van der Waals surface area contributed by atoms with E-state index in [2.05, 4.69) is 0 Å². The van der Waals surface area contributed by atoms with E-state index in [0.717, 1.165) is 40.0 Å². The van der Waals surface area contributed by atoms with Gasteiger partial charge in [0.25, 0.3) is 17.9 Å². The van der Waals surface area contributed by atoms with Crippen LogP contribution in [0.4, 0.5) is 0 Å². The maximum Gasteiger partial charge on any atom is 0.774 e. The number of methoxy groups -OCH3 is 1. The Bertz CT molecular complexity index is 561. The Morgan fingerprint density at radius 3 is 1.27 bits per heavy atom. The van der Waals surface area contributed by atoms with E-state index in [1.165, 1.54) is 14.0 Å². The molecule has 0 fully saturated rings. The quantitative estimate of drug-likeness (QED) is 0.159. The van der Waals surface area contributed by atoms with Crippen LogP contribution in [0.15, 0.2) is 0 Å². The first-order valence-corrected chi connectivity index (χ1v) is 13.3. The second-order valence-electron chi connectivity index (χ2n) is 7.71. The van der Waals surface area contributed by atoms with E-state index in [9.17, 15) is 14.4 Å². The van der Waals surface area contributed by atoms with Gasteiger partial charge < -0.3 is 32.2 Å². The van der Waals surface area contributed by atoms with E-state index >= 15 is 0 Å². The predicted octanol–water partition coefficient (Wildman–Crippen LogP) is 3.66. The zero-order valence-electron chi connectivity index (χ0n) is 21.4. The van der Waals surface area contributed by atoms with Crippen molar-refractivity contribution in [2.45, 2.75) is 98.2 Å². The molecule has 0 radical (unpaired) electrons. The van der Waals surface area contributed by atoms with Gasteiger partial charge in [-0.05, 0) is 26.2 Å². The van der Waals surface area contributed by atoms with Gasteiger partial charge in [-0.1, -0.05) is 40.0 Å². The number of carbonyl (C=O) groups excluding carboxylic acids is 3. The highest BCUT2D eigenvalue weighted by atomic mass is 28.4. The van der Waals surface area contributed by atoms with E-state index in [1.807, 2.05) is 20.8 Å². The average molecular weight is 495 g/mol. The van der Waals surface area contributed by atoms with Crippen molar-refractivity contribution in [1.29, 1.82) is 0 Å². The Labute approximate surface area is 198 Å². The van der Waals surface area contributed by atoms with Crippen molar-refractivity contribution in [3.63, 3.8) is 0 Å². The maximum absolute atomic E-state index is 12.2. The van der Waals surface area contributed by atoms with Crippen LogP contribution < -0.4 is 0 Å². The Morgan fingerprint density at radius 1 is 0.667 bits per heavy atom. The zero-order chi connectivity index (χ0) is 25.5. The van der Waals surface area contributed by atoms with Gasteiger partial charge in [-0.15, -0.1) is 0 Å². The van der Waals surface area contributed by atoms with Crippen molar-refractivity contribution >= 4 is 26.7 Å². The lowest BCUT2D eigenvalue weighted by atomic mass is 10.2. The minimum atomic E-state index is -4.82. The first-order chi connectivity index (χ1) is 15.5. The monoisotopic (exact) mass is 494 g/mol. The molecule has 0 aliphatic rings. The fraction of sp³-hybridized carbons (Fsp3) is 0.864. The Hall–Kier alpha value is -1.53. The summed E-state index contributed by atoms with van der Waals surface area (Å²) < 4.78 is 40.9. The first kappa shape index (κ1) is 31.5. The molecule has 0 saturated carbocycles. The lowest BCUT2D eigenvalue weighted by Crippen LogP contribution is -2.78. The summed E-state index contributed by atoms with van der Waals surface area (Å²) in [6.07, 6.45) is 4.25. The van der Waals surface area contributed by atoms with Gasteiger partial charge >= 0.3 is 14.2 Å². The molecule has 0 saturated heterocycles. The number of rotatable bonds is 18. The molecule has 194 valence electrons. The van der Waals surface area contributed by atoms with Crippen molar-refractivity contribution in [2.24, 2.45) is 0 Å². The van der Waals surface area contributed by atoms with Crippen molar-refractivity contribution in [2.75, 3.05) is 26.9 Å². The molecule has 0 aromatic carbocycles. The maximum atomic E-state index is 12.2. The van der Waals surface area contributed by atoms with Gasteiger partial charge in [-0.2, -0.15) is 0 Å². The summed E-state index contributed by atoms with van der Waals surface area (Å²) >= 11 is 0. The number of hydrogen-bond donors (Lipinski definition) is 0. The number of unbranched alkanes of at least 4 members (excludes halogenated alkanes) is 3. The molecule has 0 aliphatic carbocycles. The number of hydrogen-bond acceptors (Lipinski definition) is 10. The highest BCUT2D eigenvalue weighted by Gasteiger charge is 2.81. The standard InChI is InChI=1S/C22H42O10Si/c1-9-12-15-27-21(7,26-8)22(28-16-13-10-2,29-17-14-11-3)33(30-18(4)23,31-19(5)24)32-20(6)25/h9-17H2,1-8H3. The van der Waals surface area contributed by atoms with Gasteiger partial charge in [-0.3, -0.25) is 14.4 Å². The second-order valence-corrected chi connectivity index (χ2v) is 10.1. The lowest BCUT2D eigenvalue weighted by Gasteiger charge is -2.49. The molecule has 1 unspecified atom stereocenters. The molecule has 0 amide bonds. The van der Waals surface area contributed by atoms with Crippen LogP contribution in [0.3, 0.4) is 0 Å². The van der Waals surface area contributed by atoms with E-state index in [4.69, 9.17) is 32.2 Å². The SMILES string of the molecule is CCCCOC(C)(OC)C(OCCCC)(OCCCC)[Si](OC(C)=O)(OC(C)=O)OC(C)=O. The molecule has 0 spiro atoms.